The van der Waals surface area contributed by atoms with Gasteiger partial charge in [-0.1, -0.05) is 0 Å². The minimum absolute atomic E-state index is 0. The molecule has 104 valence electrons. The van der Waals surface area contributed by atoms with Crippen molar-refractivity contribution in [1.29, 1.82) is 0 Å². The molecule has 21 heavy (non-hydrogen) atoms. The Bertz CT molecular complexity index is 668. The second kappa shape index (κ2) is 7.35. The molecule has 1 aromatic heterocycles. The van der Waals surface area contributed by atoms with Crippen molar-refractivity contribution in [3.63, 3.8) is 0 Å². The van der Waals surface area contributed by atoms with E-state index in [1.165, 1.54) is 28.9 Å². The van der Waals surface area contributed by atoms with Crippen LogP contribution >= 0.6 is 0 Å². The Morgan fingerprint density at radius 1 is 1.48 bits per heavy atom. The minimum atomic E-state index is -1.27. The largest absolute Gasteiger partial charge is 1.00 e. The van der Waals surface area contributed by atoms with Gasteiger partial charge < -0.3 is 15.0 Å². The van der Waals surface area contributed by atoms with Crippen LogP contribution in [0.4, 0.5) is 10.1 Å². The number of halogens is 1. The van der Waals surface area contributed by atoms with Gasteiger partial charge in [0.25, 0.3) is 0 Å². The van der Waals surface area contributed by atoms with Gasteiger partial charge in [-0.25, -0.2) is 4.39 Å². The van der Waals surface area contributed by atoms with Crippen molar-refractivity contribution in [3.05, 3.63) is 35.8 Å². The average Bonchev–Trinajstić information content (AvgIpc) is 2.67. The van der Waals surface area contributed by atoms with Crippen LogP contribution in [-0.4, -0.2) is 27.1 Å². The fourth-order valence-corrected chi connectivity index (χ4v) is 1.63. The van der Waals surface area contributed by atoms with Gasteiger partial charge in [-0.05, 0) is 31.2 Å². The second-order valence-corrected chi connectivity index (χ2v) is 4.03. The molecule has 6 nitrogen and oxygen atoms in total. The molecular weight excluding hydrogens is 288 g/mol. The summed E-state index contributed by atoms with van der Waals surface area (Å²) in [5.74, 6) is -1.91. The fourth-order valence-electron chi connectivity index (χ4n) is 1.63. The van der Waals surface area contributed by atoms with Gasteiger partial charge in [0.05, 0.1) is 11.4 Å². The molecule has 0 atom stereocenters. The molecule has 0 bridgehead atoms. The van der Waals surface area contributed by atoms with E-state index in [0.717, 1.165) is 6.21 Å². The summed E-state index contributed by atoms with van der Waals surface area (Å²) in [7, 11) is 0. The molecule has 0 saturated carbocycles. The van der Waals surface area contributed by atoms with Gasteiger partial charge in [0, 0.05) is 18.6 Å². The van der Waals surface area contributed by atoms with Crippen LogP contribution in [0.15, 0.2) is 29.3 Å². The van der Waals surface area contributed by atoms with Gasteiger partial charge >= 0.3 is 29.6 Å². The van der Waals surface area contributed by atoms with Crippen molar-refractivity contribution < 1.29 is 49.0 Å². The normalized spacial score (nSPS) is 10.6. The molecule has 0 saturated heterocycles. The van der Waals surface area contributed by atoms with Gasteiger partial charge in [-0.15, -0.1) is 0 Å². The summed E-state index contributed by atoms with van der Waals surface area (Å²) in [5.41, 5.74) is 1.05. The first kappa shape index (κ1) is 17.4. The Morgan fingerprint density at radius 3 is 2.67 bits per heavy atom. The number of carbonyl (C=O) groups excluding carboxylic acids is 1. The van der Waals surface area contributed by atoms with Gasteiger partial charge in [-0.3, -0.25) is 4.99 Å². The number of aliphatic imine (C=N–C) groups is 1. The number of benzene rings is 1. The molecule has 0 spiro atoms. The second-order valence-electron chi connectivity index (χ2n) is 4.03. The Kier molecular flexibility index (Phi) is 6.07. The van der Waals surface area contributed by atoms with Crippen molar-refractivity contribution in [2.75, 3.05) is 0 Å². The number of carboxylic acid groups (broad SMARTS) is 1. The van der Waals surface area contributed by atoms with E-state index >= 15 is 0 Å². The Hall–Kier alpha value is -1.70. The third kappa shape index (κ3) is 4.13. The molecule has 0 aliphatic heterocycles. The zero-order valence-electron chi connectivity index (χ0n) is 11.6. The summed E-state index contributed by atoms with van der Waals surface area (Å²) in [4.78, 5) is 14.2. The maximum absolute atomic E-state index is 12.9. The molecule has 1 aromatic carbocycles. The van der Waals surface area contributed by atoms with Crippen LogP contribution in [-0.2, 0) is 4.79 Å². The van der Waals surface area contributed by atoms with Crippen molar-refractivity contribution in [1.82, 2.24) is 9.78 Å². The first-order chi connectivity index (χ1) is 9.49. The van der Waals surface area contributed by atoms with Crippen molar-refractivity contribution in [3.8, 4) is 11.6 Å². The van der Waals surface area contributed by atoms with Crippen LogP contribution in [0.25, 0.3) is 5.69 Å². The van der Waals surface area contributed by atoms with E-state index in [-0.39, 0.29) is 47.5 Å². The number of aromatic hydroxyl groups is 1. The fraction of sp³-hybridized carbons (Fsp3) is 0.154. The Balaban J connectivity index is 0.00000220. The average molecular weight is 299 g/mol. The number of hydrogen-bond acceptors (Lipinski definition) is 5. The molecule has 0 radical (unpaired) electrons. The van der Waals surface area contributed by atoms with E-state index in [0.29, 0.717) is 11.4 Å². The van der Waals surface area contributed by atoms with Crippen LogP contribution in [0.3, 0.4) is 0 Å². The topological polar surface area (TPSA) is 90.5 Å². The van der Waals surface area contributed by atoms with E-state index in [9.17, 15) is 19.4 Å². The van der Waals surface area contributed by atoms with E-state index in [1.807, 2.05) is 0 Å². The first-order valence-corrected chi connectivity index (χ1v) is 5.76. The number of aryl methyl sites for hydroxylation is 1. The first-order valence-electron chi connectivity index (χ1n) is 5.76. The quantitative estimate of drug-likeness (QED) is 0.516. The maximum atomic E-state index is 12.9. The van der Waals surface area contributed by atoms with Crippen LogP contribution in [0.1, 0.15) is 12.1 Å². The minimum Gasteiger partial charge on any atom is -0.550 e. The van der Waals surface area contributed by atoms with E-state index in [1.54, 1.807) is 6.92 Å². The van der Waals surface area contributed by atoms with E-state index < -0.39 is 11.8 Å². The zero-order valence-corrected chi connectivity index (χ0v) is 13.6. The number of hydrogen-bond donors (Lipinski definition) is 1. The Labute approximate surface area is 142 Å². The summed E-state index contributed by atoms with van der Waals surface area (Å²) < 4.78 is 14.0. The molecule has 2 aromatic rings. The van der Waals surface area contributed by atoms with E-state index in [2.05, 4.69) is 10.1 Å². The number of aromatic nitrogens is 2. The third-order valence-corrected chi connectivity index (χ3v) is 2.55. The van der Waals surface area contributed by atoms with Gasteiger partial charge in [0.2, 0.25) is 5.88 Å². The summed E-state index contributed by atoms with van der Waals surface area (Å²) in [6.45, 7) is 1.62. The number of rotatable bonds is 4. The van der Waals surface area contributed by atoms with Crippen LogP contribution < -0.4 is 34.7 Å². The number of carboxylic acids is 1. The third-order valence-electron chi connectivity index (χ3n) is 2.55. The van der Waals surface area contributed by atoms with Crippen molar-refractivity contribution in [2.24, 2.45) is 4.99 Å². The summed E-state index contributed by atoms with van der Waals surface area (Å²) in [5, 5.41) is 24.4. The molecule has 0 aliphatic carbocycles. The molecule has 0 aliphatic rings. The van der Waals surface area contributed by atoms with Crippen LogP contribution in [0.5, 0.6) is 5.88 Å². The SMILES string of the molecule is Cc1nn(-c2ccc(F)cc2)c(O)c1/N=C/CC(=O)[O-].[Na+]. The molecular formula is C13H11FN3NaO3. The molecule has 1 N–H and O–H groups in total. The molecule has 0 fully saturated rings. The summed E-state index contributed by atoms with van der Waals surface area (Å²) in [6.07, 6.45) is 0.759. The van der Waals surface area contributed by atoms with Gasteiger partial charge in [0.1, 0.15) is 11.5 Å². The summed E-state index contributed by atoms with van der Waals surface area (Å²) in [6, 6.07) is 5.39. The number of aliphatic carboxylic acids is 1. The number of carbonyl (C=O) groups is 1. The zero-order chi connectivity index (χ0) is 14.7. The molecule has 0 amide bonds. The van der Waals surface area contributed by atoms with Crippen molar-refractivity contribution >= 4 is 17.9 Å². The standard InChI is InChI=1S/C13H12FN3O3.Na/c1-8-12(15-7-6-11(18)19)13(20)17(16-8)10-4-2-9(14)3-5-10;/h2-5,7,20H,6H2,1H3,(H,18,19);/q;+1/p-1/b15-7+;. The van der Waals surface area contributed by atoms with Crippen LogP contribution in [0, 0.1) is 12.7 Å². The maximum Gasteiger partial charge on any atom is 1.00 e. The monoisotopic (exact) mass is 299 g/mol. The van der Waals surface area contributed by atoms with Crippen LogP contribution in [0.2, 0.25) is 0 Å². The molecule has 8 heteroatoms. The van der Waals surface area contributed by atoms with Gasteiger partial charge in [0.15, 0.2) is 0 Å². The predicted molar refractivity (Wildman–Crippen MR) is 67.7 cm³/mol. The van der Waals surface area contributed by atoms with Gasteiger partial charge in [-0.2, -0.15) is 9.78 Å². The summed E-state index contributed by atoms with van der Waals surface area (Å²) >= 11 is 0. The van der Waals surface area contributed by atoms with Crippen molar-refractivity contribution in [2.45, 2.75) is 13.3 Å². The Morgan fingerprint density at radius 2 is 2.10 bits per heavy atom. The predicted octanol–water partition coefficient (Wildman–Crippen LogP) is -2.13. The molecule has 0 unspecified atom stereocenters. The molecule has 2 rings (SSSR count). The smallest absolute Gasteiger partial charge is 0.550 e. The number of nitrogens with zero attached hydrogens (tertiary/aromatic N) is 3. The molecule has 1 heterocycles. The van der Waals surface area contributed by atoms with E-state index in [4.69, 9.17) is 0 Å².